The van der Waals surface area contributed by atoms with Crippen molar-refractivity contribution in [3.05, 3.63) is 35.4 Å². The Morgan fingerprint density at radius 1 is 1.32 bits per heavy atom. The van der Waals surface area contributed by atoms with Crippen LogP contribution in [0.15, 0.2) is 24.3 Å². The Labute approximate surface area is 118 Å². The van der Waals surface area contributed by atoms with Gasteiger partial charge in [0.2, 0.25) is 0 Å². The van der Waals surface area contributed by atoms with Crippen LogP contribution in [-0.2, 0) is 6.54 Å². The highest BCUT2D eigenvalue weighted by Crippen LogP contribution is 2.22. The van der Waals surface area contributed by atoms with Gasteiger partial charge in [0.05, 0.1) is 0 Å². The third kappa shape index (κ3) is 4.05. The van der Waals surface area contributed by atoms with Crippen LogP contribution in [0, 0.1) is 5.92 Å². The van der Waals surface area contributed by atoms with Crippen LogP contribution in [-0.4, -0.2) is 31.6 Å². The molecule has 1 aromatic rings. The average Bonchev–Trinajstić information content (AvgIpc) is 2.87. The summed E-state index contributed by atoms with van der Waals surface area (Å²) in [5, 5.41) is 3.24. The zero-order valence-corrected chi connectivity index (χ0v) is 12.7. The Morgan fingerprint density at radius 3 is 2.63 bits per heavy atom. The van der Waals surface area contributed by atoms with Gasteiger partial charge in [0.15, 0.2) is 0 Å². The maximum atomic E-state index is 3.24. The molecule has 1 fully saturated rings. The maximum absolute atomic E-state index is 3.24. The van der Waals surface area contributed by atoms with E-state index in [-0.39, 0.29) is 0 Å². The van der Waals surface area contributed by atoms with E-state index in [1.165, 1.54) is 37.1 Å². The van der Waals surface area contributed by atoms with Gasteiger partial charge in [-0.15, -0.1) is 0 Å². The standard InChI is InChI=1S/C17H28N2/c1-4-15-9-10-19(12-15)13-16-5-7-17(8-6-16)14(2)11-18-3/h5-8,14-15,18H,4,9-13H2,1-3H3. The highest BCUT2D eigenvalue weighted by molar-refractivity contribution is 5.25. The van der Waals surface area contributed by atoms with E-state index in [1.807, 2.05) is 7.05 Å². The summed E-state index contributed by atoms with van der Waals surface area (Å²) in [7, 11) is 2.02. The van der Waals surface area contributed by atoms with Gasteiger partial charge < -0.3 is 5.32 Å². The summed E-state index contributed by atoms with van der Waals surface area (Å²) >= 11 is 0. The number of hydrogen-bond acceptors (Lipinski definition) is 2. The molecule has 0 aromatic heterocycles. The second-order valence-electron chi connectivity index (χ2n) is 6.00. The molecular weight excluding hydrogens is 232 g/mol. The van der Waals surface area contributed by atoms with E-state index in [0.29, 0.717) is 5.92 Å². The normalized spacial score (nSPS) is 21.7. The van der Waals surface area contributed by atoms with Crippen molar-refractivity contribution in [3.8, 4) is 0 Å². The fourth-order valence-corrected chi connectivity index (χ4v) is 3.02. The third-order valence-corrected chi connectivity index (χ3v) is 4.41. The van der Waals surface area contributed by atoms with Crippen LogP contribution in [0.2, 0.25) is 0 Å². The predicted molar refractivity (Wildman–Crippen MR) is 82.5 cm³/mol. The Bertz CT molecular complexity index is 371. The highest BCUT2D eigenvalue weighted by atomic mass is 15.1. The third-order valence-electron chi connectivity index (χ3n) is 4.41. The number of likely N-dealkylation sites (tertiary alicyclic amines) is 1. The molecule has 1 saturated heterocycles. The van der Waals surface area contributed by atoms with Crippen molar-refractivity contribution in [2.75, 3.05) is 26.7 Å². The Balaban J connectivity index is 1.88. The summed E-state index contributed by atoms with van der Waals surface area (Å²) in [5.41, 5.74) is 2.89. The highest BCUT2D eigenvalue weighted by Gasteiger charge is 2.20. The van der Waals surface area contributed by atoms with Crippen LogP contribution < -0.4 is 5.32 Å². The van der Waals surface area contributed by atoms with Crippen molar-refractivity contribution in [1.82, 2.24) is 10.2 Å². The van der Waals surface area contributed by atoms with Crippen LogP contribution in [0.5, 0.6) is 0 Å². The average molecular weight is 260 g/mol. The lowest BCUT2D eigenvalue weighted by Crippen LogP contribution is -2.20. The van der Waals surface area contributed by atoms with Gasteiger partial charge >= 0.3 is 0 Å². The SMILES string of the molecule is CCC1CCN(Cc2ccc(C(C)CNC)cc2)C1. The molecule has 0 radical (unpaired) electrons. The van der Waals surface area contributed by atoms with Gasteiger partial charge in [0.1, 0.15) is 0 Å². The lowest BCUT2D eigenvalue weighted by molar-refractivity contribution is 0.315. The van der Waals surface area contributed by atoms with Gasteiger partial charge in [0.25, 0.3) is 0 Å². The van der Waals surface area contributed by atoms with Crippen molar-refractivity contribution in [2.24, 2.45) is 5.92 Å². The fourth-order valence-electron chi connectivity index (χ4n) is 3.02. The maximum Gasteiger partial charge on any atom is 0.0233 e. The minimum Gasteiger partial charge on any atom is -0.319 e. The molecule has 0 saturated carbocycles. The zero-order valence-electron chi connectivity index (χ0n) is 12.7. The van der Waals surface area contributed by atoms with Gasteiger partial charge in [-0.3, -0.25) is 4.90 Å². The molecule has 1 aliphatic rings. The van der Waals surface area contributed by atoms with Crippen LogP contribution in [0.3, 0.4) is 0 Å². The van der Waals surface area contributed by atoms with E-state index < -0.39 is 0 Å². The Kier molecular flexibility index (Phi) is 5.41. The van der Waals surface area contributed by atoms with Crippen LogP contribution in [0.1, 0.15) is 43.7 Å². The van der Waals surface area contributed by atoms with Gasteiger partial charge in [-0.1, -0.05) is 44.5 Å². The van der Waals surface area contributed by atoms with Crippen LogP contribution in [0.25, 0.3) is 0 Å². The van der Waals surface area contributed by atoms with Crippen LogP contribution >= 0.6 is 0 Å². The molecule has 0 aliphatic carbocycles. The first-order valence-electron chi connectivity index (χ1n) is 7.68. The van der Waals surface area contributed by atoms with E-state index in [4.69, 9.17) is 0 Å². The summed E-state index contributed by atoms with van der Waals surface area (Å²) in [5.74, 6) is 1.52. The van der Waals surface area contributed by atoms with Gasteiger partial charge in [-0.2, -0.15) is 0 Å². The second-order valence-corrected chi connectivity index (χ2v) is 6.00. The predicted octanol–water partition coefficient (Wildman–Crippen LogP) is 3.24. The first-order chi connectivity index (χ1) is 9.22. The van der Waals surface area contributed by atoms with Crippen molar-refractivity contribution >= 4 is 0 Å². The molecule has 1 N–H and O–H groups in total. The molecule has 2 heteroatoms. The molecule has 0 amide bonds. The van der Waals surface area contributed by atoms with E-state index in [1.54, 1.807) is 0 Å². The molecule has 1 aromatic carbocycles. The number of nitrogens with one attached hydrogen (secondary N) is 1. The Morgan fingerprint density at radius 2 is 2.05 bits per heavy atom. The largest absolute Gasteiger partial charge is 0.319 e. The molecular formula is C17H28N2. The summed E-state index contributed by atoms with van der Waals surface area (Å²) < 4.78 is 0. The summed E-state index contributed by atoms with van der Waals surface area (Å²) in [6.07, 6.45) is 2.71. The molecule has 2 unspecified atom stereocenters. The minimum absolute atomic E-state index is 0.593. The molecule has 19 heavy (non-hydrogen) atoms. The van der Waals surface area contributed by atoms with Crippen LogP contribution in [0.4, 0.5) is 0 Å². The van der Waals surface area contributed by atoms with Gasteiger partial charge in [-0.25, -0.2) is 0 Å². The first-order valence-corrected chi connectivity index (χ1v) is 7.68. The number of likely N-dealkylation sites (N-methyl/N-ethyl adjacent to an activating group) is 1. The summed E-state index contributed by atoms with van der Waals surface area (Å²) in [6.45, 7) is 9.32. The molecule has 2 atom stereocenters. The quantitative estimate of drug-likeness (QED) is 0.844. The molecule has 2 rings (SSSR count). The number of hydrogen-bond donors (Lipinski definition) is 1. The smallest absolute Gasteiger partial charge is 0.0233 e. The molecule has 0 bridgehead atoms. The van der Waals surface area contributed by atoms with E-state index in [0.717, 1.165) is 19.0 Å². The Hall–Kier alpha value is -0.860. The first kappa shape index (κ1) is 14.5. The van der Waals surface area contributed by atoms with Crippen molar-refractivity contribution < 1.29 is 0 Å². The van der Waals surface area contributed by atoms with Gasteiger partial charge in [0, 0.05) is 19.6 Å². The fraction of sp³-hybridized carbons (Fsp3) is 0.647. The summed E-state index contributed by atoms with van der Waals surface area (Å²) in [4.78, 5) is 2.60. The van der Waals surface area contributed by atoms with Crippen molar-refractivity contribution in [3.63, 3.8) is 0 Å². The monoisotopic (exact) mass is 260 g/mol. The zero-order chi connectivity index (χ0) is 13.7. The molecule has 1 aliphatic heterocycles. The lowest BCUT2D eigenvalue weighted by atomic mass is 10.00. The minimum atomic E-state index is 0.593. The lowest BCUT2D eigenvalue weighted by Gasteiger charge is -2.17. The van der Waals surface area contributed by atoms with E-state index >= 15 is 0 Å². The topological polar surface area (TPSA) is 15.3 Å². The molecule has 1 heterocycles. The molecule has 2 nitrogen and oxygen atoms in total. The number of nitrogens with zero attached hydrogens (tertiary/aromatic N) is 1. The van der Waals surface area contributed by atoms with E-state index in [9.17, 15) is 0 Å². The van der Waals surface area contributed by atoms with Crippen molar-refractivity contribution in [2.45, 2.75) is 39.2 Å². The number of benzene rings is 1. The van der Waals surface area contributed by atoms with E-state index in [2.05, 4.69) is 48.3 Å². The van der Waals surface area contributed by atoms with Gasteiger partial charge in [-0.05, 0) is 43.0 Å². The number of rotatable bonds is 6. The second kappa shape index (κ2) is 7.06. The van der Waals surface area contributed by atoms with Crippen molar-refractivity contribution in [1.29, 1.82) is 0 Å². The summed E-state index contributed by atoms with van der Waals surface area (Å²) in [6, 6.07) is 9.21. The molecule has 106 valence electrons. The molecule has 0 spiro atoms.